The van der Waals surface area contributed by atoms with Gasteiger partial charge in [-0.15, -0.1) is 0 Å². The highest BCUT2D eigenvalue weighted by Gasteiger charge is 2.28. The molecule has 0 unspecified atom stereocenters. The van der Waals surface area contributed by atoms with Crippen molar-refractivity contribution in [1.29, 1.82) is 0 Å². The molecule has 4 nitrogen and oxygen atoms in total. The lowest BCUT2D eigenvalue weighted by molar-refractivity contribution is 0.0744. The third-order valence-corrected chi connectivity index (χ3v) is 5.80. The van der Waals surface area contributed by atoms with Crippen molar-refractivity contribution in [1.82, 2.24) is 14.8 Å². The van der Waals surface area contributed by atoms with Crippen LogP contribution in [0.15, 0.2) is 60.7 Å². The van der Waals surface area contributed by atoms with Crippen molar-refractivity contribution in [2.45, 2.75) is 31.6 Å². The Labute approximate surface area is 179 Å². The number of aromatic nitrogens is 1. The summed E-state index contributed by atoms with van der Waals surface area (Å²) in [7, 11) is 4.11. The molecule has 0 aliphatic heterocycles. The van der Waals surface area contributed by atoms with Gasteiger partial charge in [0, 0.05) is 36.6 Å². The number of fused-ring (bicyclic) bond motifs is 1. The minimum absolute atomic E-state index is 0.130. The van der Waals surface area contributed by atoms with Gasteiger partial charge in [0.2, 0.25) is 0 Å². The first kappa shape index (κ1) is 20.5. The lowest BCUT2D eigenvalue weighted by Crippen LogP contribution is -2.37. The number of nitrogens with zero attached hydrogens (tertiary/aromatic N) is 3. The summed E-state index contributed by atoms with van der Waals surface area (Å²) in [6, 6.07) is 20.6. The number of amides is 1. The van der Waals surface area contributed by atoms with Gasteiger partial charge in [0.15, 0.2) is 0 Å². The molecule has 0 radical (unpaired) electrons. The second-order valence-corrected chi connectivity index (χ2v) is 8.57. The highest BCUT2D eigenvalue weighted by atomic mass is 16.2. The second kappa shape index (κ2) is 9.40. The third-order valence-electron chi connectivity index (χ3n) is 5.80. The molecule has 4 heteroatoms. The number of pyridine rings is 1. The third kappa shape index (κ3) is 5.06. The van der Waals surface area contributed by atoms with E-state index in [4.69, 9.17) is 4.98 Å². The average molecular weight is 402 g/mol. The van der Waals surface area contributed by atoms with E-state index in [2.05, 4.69) is 49.3 Å². The molecule has 0 saturated heterocycles. The van der Waals surface area contributed by atoms with Crippen LogP contribution in [0.4, 0.5) is 0 Å². The van der Waals surface area contributed by atoms with Crippen LogP contribution in [0.25, 0.3) is 10.9 Å². The summed E-state index contributed by atoms with van der Waals surface area (Å²) in [5.41, 5.74) is 4.14. The molecule has 0 bridgehead atoms. The zero-order valence-corrected chi connectivity index (χ0v) is 18.1. The molecule has 2 aromatic carbocycles. The first-order valence-corrected chi connectivity index (χ1v) is 11.0. The number of likely N-dealkylation sites (N-methyl/N-ethyl adjacent to an activating group) is 1. The van der Waals surface area contributed by atoms with Gasteiger partial charge in [-0.25, -0.2) is 0 Å². The second-order valence-electron chi connectivity index (χ2n) is 8.57. The van der Waals surface area contributed by atoms with Crippen LogP contribution in [0.1, 0.15) is 46.8 Å². The molecule has 1 aromatic heterocycles. The summed E-state index contributed by atoms with van der Waals surface area (Å²) in [4.78, 5) is 22.7. The maximum absolute atomic E-state index is 13.7. The summed E-state index contributed by atoms with van der Waals surface area (Å²) >= 11 is 0. The lowest BCUT2D eigenvalue weighted by atomic mass is 10.0. The maximum atomic E-state index is 13.7. The molecule has 0 atom stereocenters. The molecule has 0 spiro atoms. The molecule has 4 rings (SSSR count). The molecule has 156 valence electrons. The van der Waals surface area contributed by atoms with E-state index in [9.17, 15) is 4.79 Å². The van der Waals surface area contributed by atoms with Gasteiger partial charge in [0.05, 0.1) is 11.1 Å². The highest BCUT2D eigenvalue weighted by Crippen LogP contribution is 2.40. The zero-order valence-electron chi connectivity index (χ0n) is 18.1. The van der Waals surface area contributed by atoms with Crippen LogP contribution in [-0.4, -0.2) is 54.4 Å². The fraction of sp³-hybridized carbons (Fsp3) is 0.385. The first-order valence-electron chi connectivity index (χ1n) is 11.0. The van der Waals surface area contributed by atoms with Crippen molar-refractivity contribution in [2.75, 3.05) is 33.7 Å². The summed E-state index contributed by atoms with van der Waals surface area (Å²) < 4.78 is 0. The van der Waals surface area contributed by atoms with Crippen LogP contribution in [0, 0.1) is 0 Å². The van der Waals surface area contributed by atoms with E-state index in [0.717, 1.165) is 54.6 Å². The normalized spacial score (nSPS) is 13.7. The van der Waals surface area contributed by atoms with Gasteiger partial charge in [0.1, 0.15) is 0 Å². The summed E-state index contributed by atoms with van der Waals surface area (Å²) in [6.45, 7) is 2.35. The molecule has 1 aliphatic rings. The minimum atomic E-state index is 0.130. The van der Waals surface area contributed by atoms with Gasteiger partial charge in [-0.2, -0.15) is 0 Å². The molecule has 0 N–H and O–H groups in total. The number of hydrogen-bond donors (Lipinski definition) is 0. The Balaban J connectivity index is 1.57. The zero-order chi connectivity index (χ0) is 20.9. The molecule has 1 fully saturated rings. The van der Waals surface area contributed by atoms with Crippen LogP contribution >= 0.6 is 0 Å². The van der Waals surface area contributed by atoms with E-state index >= 15 is 0 Å². The fourth-order valence-electron chi connectivity index (χ4n) is 3.89. The van der Waals surface area contributed by atoms with Crippen molar-refractivity contribution in [3.8, 4) is 0 Å². The highest BCUT2D eigenvalue weighted by molar-refractivity contribution is 6.06. The van der Waals surface area contributed by atoms with E-state index in [-0.39, 0.29) is 5.91 Å². The Hall–Kier alpha value is -2.72. The van der Waals surface area contributed by atoms with Gasteiger partial charge >= 0.3 is 0 Å². The number of hydrogen-bond acceptors (Lipinski definition) is 3. The lowest BCUT2D eigenvalue weighted by Gasteiger charge is -2.25. The summed E-state index contributed by atoms with van der Waals surface area (Å²) in [5, 5.41) is 0.963. The molecule has 30 heavy (non-hydrogen) atoms. The molecule has 3 aromatic rings. The molecular weight excluding hydrogens is 370 g/mol. The van der Waals surface area contributed by atoms with E-state index in [0.29, 0.717) is 5.92 Å². The molecule has 1 saturated carbocycles. The van der Waals surface area contributed by atoms with Crippen LogP contribution in [-0.2, 0) is 6.42 Å². The van der Waals surface area contributed by atoms with Crippen molar-refractivity contribution < 1.29 is 4.79 Å². The standard InChI is InChI=1S/C26H31N3O/c1-28(2)17-18-29(16-8-11-20-9-4-3-5-10-20)26(30)23-19-25(21-14-15-21)27-24-13-7-6-12-22(23)24/h3-7,9-10,12-13,19,21H,8,11,14-18H2,1-2H3. The number of carbonyl (C=O) groups excluding carboxylic acids is 1. The molecule has 1 aliphatic carbocycles. The Bertz CT molecular complexity index is 996. The SMILES string of the molecule is CN(C)CCN(CCCc1ccccc1)C(=O)c1cc(C2CC2)nc2ccccc12. The summed E-state index contributed by atoms with van der Waals surface area (Å²) in [6.07, 6.45) is 4.31. The number of para-hydroxylation sites is 1. The monoisotopic (exact) mass is 401 g/mol. The minimum Gasteiger partial charge on any atom is -0.337 e. The first-order chi connectivity index (χ1) is 14.6. The number of benzene rings is 2. The Morgan fingerprint density at radius 1 is 0.967 bits per heavy atom. The van der Waals surface area contributed by atoms with Gasteiger partial charge in [-0.3, -0.25) is 9.78 Å². The van der Waals surface area contributed by atoms with Crippen molar-refractivity contribution in [2.24, 2.45) is 0 Å². The van der Waals surface area contributed by atoms with E-state index in [1.165, 1.54) is 18.4 Å². The average Bonchev–Trinajstić information content (AvgIpc) is 3.61. The van der Waals surface area contributed by atoms with Crippen molar-refractivity contribution in [3.05, 3.63) is 77.5 Å². The van der Waals surface area contributed by atoms with E-state index in [1.54, 1.807) is 0 Å². The topological polar surface area (TPSA) is 36.4 Å². The number of carbonyl (C=O) groups is 1. The quantitative estimate of drug-likeness (QED) is 0.519. The van der Waals surface area contributed by atoms with Gasteiger partial charge in [0.25, 0.3) is 5.91 Å². The Morgan fingerprint density at radius 3 is 2.43 bits per heavy atom. The van der Waals surface area contributed by atoms with Gasteiger partial charge < -0.3 is 9.80 Å². The van der Waals surface area contributed by atoms with Crippen LogP contribution in [0.2, 0.25) is 0 Å². The molecular formula is C26H31N3O. The number of aryl methyl sites for hydroxylation is 1. The maximum Gasteiger partial charge on any atom is 0.254 e. The number of rotatable bonds is 9. The largest absolute Gasteiger partial charge is 0.337 e. The van der Waals surface area contributed by atoms with Crippen molar-refractivity contribution in [3.63, 3.8) is 0 Å². The summed E-state index contributed by atoms with van der Waals surface area (Å²) in [5.74, 6) is 0.653. The smallest absolute Gasteiger partial charge is 0.254 e. The fourth-order valence-corrected chi connectivity index (χ4v) is 3.89. The Kier molecular flexibility index (Phi) is 6.44. The van der Waals surface area contributed by atoms with E-state index < -0.39 is 0 Å². The Morgan fingerprint density at radius 2 is 1.70 bits per heavy atom. The predicted octanol–water partition coefficient (Wildman–Crippen LogP) is 4.75. The van der Waals surface area contributed by atoms with Crippen LogP contribution in [0.5, 0.6) is 0 Å². The van der Waals surface area contributed by atoms with E-state index in [1.807, 2.05) is 35.2 Å². The van der Waals surface area contributed by atoms with Crippen LogP contribution in [0.3, 0.4) is 0 Å². The predicted molar refractivity (Wildman–Crippen MR) is 123 cm³/mol. The van der Waals surface area contributed by atoms with Gasteiger partial charge in [-0.05, 0) is 57.5 Å². The molecule has 1 amide bonds. The van der Waals surface area contributed by atoms with Gasteiger partial charge in [-0.1, -0.05) is 48.5 Å². The molecule has 1 heterocycles. The van der Waals surface area contributed by atoms with Crippen LogP contribution < -0.4 is 0 Å². The van der Waals surface area contributed by atoms with Crippen molar-refractivity contribution >= 4 is 16.8 Å².